The molecule has 1 rings (SSSR count). The molecule has 0 atom stereocenters. The van der Waals surface area contributed by atoms with Crippen LogP contribution in [-0.4, -0.2) is 0 Å². The molecule has 0 saturated heterocycles. The fraction of sp³-hybridized carbons (Fsp3) is 0. The zero-order valence-corrected chi connectivity index (χ0v) is 6.67. The summed E-state index contributed by atoms with van der Waals surface area (Å²) >= 11 is 0. The average molecular weight is 152 g/mol. The average Bonchev–Trinajstić information content (AvgIpc) is 2.16. The minimum Gasteiger partial charge on any atom is -0.115 e. The largest absolute Gasteiger partial charge is 0.115 e. The van der Waals surface area contributed by atoms with Gasteiger partial charge in [-0.05, 0) is 23.8 Å². The van der Waals surface area contributed by atoms with Gasteiger partial charge in [-0.25, -0.2) is 0 Å². The molecule has 56 valence electrons. The lowest BCUT2D eigenvalue weighted by atomic mass is 10.1. The van der Waals surface area contributed by atoms with E-state index in [0.29, 0.717) is 0 Å². The maximum atomic E-state index is 5.24. The van der Waals surface area contributed by atoms with Crippen LogP contribution in [-0.2, 0) is 0 Å². The van der Waals surface area contributed by atoms with E-state index in [1.54, 1.807) is 12.1 Å². The van der Waals surface area contributed by atoms with Crippen LogP contribution in [0.25, 0.3) is 6.08 Å². The standard InChI is InChI=1S/C12H8/c1-4-10-7-11(5-2)9-12(6-3)8-10/h1-2,6-9H,3H2. The highest BCUT2D eigenvalue weighted by molar-refractivity contribution is 5.55. The van der Waals surface area contributed by atoms with Gasteiger partial charge >= 0.3 is 0 Å². The fourth-order valence-electron chi connectivity index (χ4n) is 0.936. The predicted octanol–water partition coefficient (Wildman–Crippen LogP) is 2.29. The maximum Gasteiger partial charge on any atom is 0.0260 e. The molecule has 0 heterocycles. The van der Waals surface area contributed by atoms with Gasteiger partial charge in [-0.1, -0.05) is 24.5 Å². The van der Waals surface area contributed by atoms with Gasteiger partial charge in [-0.3, -0.25) is 0 Å². The minimum atomic E-state index is 0.792. The molecule has 0 aliphatic heterocycles. The Morgan fingerprint density at radius 3 is 1.92 bits per heavy atom. The van der Waals surface area contributed by atoms with Crippen molar-refractivity contribution >= 4 is 6.08 Å². The van der Waals surface area contributed by atoms with E-state index in [-0.39, 0.29) is 0 Å². The summed E-state index contributed by atoms with van der Waals surface area (Å²) in [7, 11) is 0. The van der Waals surface area contributed by atoms with E-state index in [4.69, 9.17) is 12.8 Å². The predicted molar refractivity (Wildman–Crippen MR) is 52.4 cm³/mol. The first-order valence-electron chi connectivity index (χ1n) is 3.51. The van der Waals surface area contributed by atoms with Crippen molar-refractivity contribution in [2.75, 3.05) is 0 Å². The van der Waals surface area contributed by atoms with Gasteiger partial charge in [0, 0.05) is 11.1 Å². The van der Waals surface area contributed by atoms with Gasteiger partial charge in [-0.15, -0.1) is 12.8 Å². The number of rotatable bonds is 1. The third-order valence-electron chi connectivity index (χ3n) is 1.52. The molecule has 0 unspecified atom stereocenters. The highest BCUT2D eigenvalue weighted by Gasteiger charge is 1.93. The van der Waals surface area contributed by atoms with Crippen molar-refractivity contribution in [2.24, 2.45) is 0 Å². The number of hydrogen-bond acceptors (Lipinski definition) is 0. The Hall–Kier alpha value is -1.92. The monoisotopic (exact) mass is 152 g/mol. The van der Waals surface area contributed by atoms with Crippen LogP contribution in [0.4, 0.5) is 0 Å². The van der Waals surface area contributed by atoms with E-state index in [2.05, 4.69) is 18.4 Å². The first kappa shape index (κ1) is 8.18. The molecule has 0 bridgehead atoms. The SMILES string of the molecule is C#Cc1cc(C#C)cc(C=C)c1. The number of terminal acetylenes is 2. The summed E-state index contributed by atoms with van der Waals surface area (Å²) in [5, 5.41) is 0. The molecule has 1 aromatic rings. The van der Waals surface area contributed by atoms with Gasteiger partial charge in [-0.2, -0.15) is 0 Å². The van der Waals surface area contributed by atoms with Crippen molar-refractivity contribution in [2.45, 2.75) is 0 Å². The summed E-state index contributed by atoms with van der Waals surface area (Å²) in [6.45, 7) is 3.64. The van der Waals surface area contributed by atoms with E-state index in [1.807, 2.05) is 12.1 Å². The van der Waals surface area contributed by atoms with Crippen LogP contribution in [0.5, 0.6) is 0 Å². The van der Waals surface area contributed by atoms with Crippen LogP contribution >= 0.6 is 0 Å². The summed E-state index contributed by atoms with van der Waals surface area (Å²) < 4.78 is 0. The van der Waals surface area contributed by atoms with E-state index in [1.165, 1.54) is 0 Å². The second kappa shape index (κ2) is 3.46. The number of benzene rings is 1. The van der Waals surface area contributed by atoms with Gasteiger partial charge < -0.3 is 0 Å². The van der Waals surface area contributed by atoms with Crippen molar-refractivity contribution in [3.63, 3.8) is 0 Å². The Morgan fingerprint density at radius 2 is 1.58 bits per heavy atom. The lowest BCUT2D eigenvalue weighted by Gasteiger charge is -1.96. The summed E-state index contributed by atoms with van der Waals surface area (Å²) in [6.07, 6.45) is 12.2. The number of hydrogen-bond donors (Lipinski definition) is 0. The molecule has 0 N–H and O–H groups in total. The highest BCUT2D eigenvalue weighted by Crippen LogP contribution is 2.09. The second-order valence-corrected chi connectivity index (χ2v) is 2.34. The first-order valence-corrected chi connectivity index (χ1v) is 3.51. The molecule has 0 aliphatic rings. The lowest BCUT2D eigenvalue weighted by Crippen LogP contribution is -1.81. The molecule has 0 spiro atoms. The molecular formula is C12H8. The molecule has 0 amide bonds. The third kappa shape index (κ3) is 1.57. The van der Waals surface area contributed by atoms with Crippen LogP contribution in [0.15, 0.2) is 24.8 Å². The van der Waals surface area contributed by atoms with Crippen molar-refractivity contribution in [1.82, 2.24) is 0 Å². The maximum absolute atomic E-state index is 5.24. The highest BCUT2D eigenvalue weighted by atomic mass is 14.0. The third-order valence-corrected chi connectivity index (χ3v) is 1.52. The van der Waals surface area contributed by atoms with E-state index in [0.717, 1.165) is 16.7 Å². The molecule has 0 nitrogen and oxygen atoms in total. The Labute approximate surface area is 72.9 Å². The summed E-state index contributed by atoms with van der Waals surface area (Å²) in [5.74, 6) is 5.07. The smallest absolute Gasteiger partial charge is 0.0260 e. The van der Waals surface area contributed by atoms with Gasteiger partial charge in [0.25, 0.3) is 0 Å². The van der Waals surface area contributed by atoms with Crippen LogP contribution < -0.4 is 0 Å². The summed E-state index contributed by atoms with van der Waals surface area (Å²) in [4.78, 5) is 0. The summed E-state index contributed by atoms with van der Waals surface area (Å²) in [6, 6.07) is 5.54. The molecular weight excluding hydrogens is 144 g/mol. The molecule has 0 aliphatic carbocycles. The van der Waals surface area contributed by atoms with Gasteiger partial charge in [0.05, 0.1) is 0 Å². The minimum absolute atomic E-state index is 0.792. The lowest BCUT2D eigenvalue weighted by molar-refractivity contribution is 1.57. The molecule has 12 heavy (non-hydrogen) atoms. The van der Waals surface area contributed by atoms with Gasteiger partial charge in [0.15, 0.2) is 0 Å². The van der Waals surface area contributed by atoms with Gasteiger partial charge in [0.1, 0.15) is 0 Å². The van der Waals surface area contributed by atoms with Crippen LogP contribution in [0.1, 0.15) is 16.7 Å². The summed E-state index contributed by atoms with van der Waals surface area (Å²) in [5.41, 5.74) is 2.54. The normalized spacial score (nSPS) is 8.17. The Bertz CT molecular complexity index is 351. The molecule has 1 aromatic carbocycles. The molecule has 0 radical (unpaired) electrons. The zero-order chi connectivity index (χ0) is 8.97. The molecule has 0 saturated carbocycles. The van der Waals surface area contributed by atoms with E-state index >= 15 is 0 Å². The van der Waals surface area contributed by atoms with Crippen molar-refractivity contribution in [3.8, 4) is 24.7 Å². The zero-order valence-electron chi connectivity index (χ0n) is 6.67. The molecule has 0 heteroatoms. The topological polar surface area (TPSA) is 0 Å². The van der Waals surface area contributed by atoms with Crippen LogP contribution in [0.2, 0.25) is 0 Å². The van der Waals surface area contributed by atoms with E-state index < -0.39 is 0 Å². The quantitative estimate of drug-likeness (QED) is 0.541. The van der Waals surface area contributed by atoms with Crippen molar-refractivity contribution in [3.05, 3.63) is 41.5 Å². The van der Waals surface area contributed by atoms with Crippen LogP contribution in [0, 0.1) is 24.7 Å². The molecule has 0 fully saturated rings. The Balaban J connectivity index is 3.33. The first-order chi connectivity index (χ1) is 5.80. The Kier molecular flexibility index (Phi) is 2.36. The van der Waals surface area contributed by atoms with Crippen molar-refractivity contribution < 1.29 is 0 Å². The molecule has 0 aromatic heterocycles. The van der Waals surface area contributed by atoms with Crippen LogP contribution in [0.3, 0.4) is 0 Å². The van der Waals surface area contributed by atoms with Gasteiger partial charge in [0.2, 0.25) is 0 Å². The fourth-order valence-corrected chi connectivity index (χ4v) is 0.936. The van der Waals surface area contributed by atoms with Crippen molar-refractivity contribution in [1.29, 1.82) is 0 Å². The Morgan fingerprint density at radius 1 is 1.08 bits per heavy atom. The van der Waals surface area contributed by atoms with E-state index in [9.17, 15) is 0 Å². The second-order valence-electron chi connectivity index (χ2n) is 2.34.